The van der Waals surface area contributed by atoms with E-state index in [1.54, 1.807) is 72.8 Å². The average molecular weight is 437 g/mol. The van der Waals surface area contributed by atoms with Gasteiger partial charge in [-0.1, -0.05) is 36.4 Å². The fourth-order valence-electron chi connectivity index (χ4n) is 3.52. The molecule has 1 heterocycles. The van der Waals surface area contributed by atoms with Crippen molar-refractivity contribution in [3.8, 4) is 16.8 Å². The second-order valence-electron chi connectivity index (χ2n) is 8.59. The minimum Gasteiger partial charge on any atom is -0.347 e. The Kier molecular flexibility index (Phi) is 5.28. The van der Waals surface area contributed by atoms with Crippen molar-refractivity contribution in [1.82, 2.24) is 14.9 Å². The summed E-state index contributed by atoms with van der Waals surface area (Å²) in [4.78, 5) is 16.2. The molecular weight excluding hydrogens is 415 g/mol. The van der Waals surface area contributed by atoms with Crippen molar-refractivity contribution >= 4 is 16.9 Å². The quantitative estimate of drug-likeness (QED) is 0.412. The van der Waals surface area contributed by atoms with Gasteiger partial charge in [-0.25, -0.2) is 4.98 Å². The van der Waals surface area contributed by atoms with Crippen molar-refractivity contribution < 1.29 is 18.0 Å². The Morgan fingerprint density at radius 1 is 0.875 bits per heavy atom. The first kappa shape index (κ1) is 21.6. The molecule has 7 heteroatoms. The van der Waals surface area contributed by atoms with Crippen LogP contribution in [0.4, 0.5) is 13.2 Å². The Labute approximate surface area is 183 Å². The number of fused-ring (bicyclic) bond motifs is 1. The zero-order valence-corrected chi connectivity index (χ0v) is 17.9. The lowest BCUT2D eigenvalue weighted by Crippen LogP contribution is -2.40. The van der Waals surface area contributed by atoms with Crippen molar-refractivity contribution in [2.45, 2.75) is 32.5 Å². The Balaban J connectivity index is 1.74. The fraction of sp³-hybridized carbons (Fsp3) is 0.200. The van der Waals surface area contributed by atoms with Crippen molar-refractivity contribution in [3.05, 3.63) is 84.2 Å². The van der Waals surface area contributed by atoms with Crippen LogP contribution in [-0.2, 0) is 6.18 Å². The smallest absolute Gasteiger partial charge is 0.347 e. The lowest BCUT2D eigenvalue weighted by molar-refractivity contribution is -0.145. The molecule has 0 aliphatic rings. The lowest BCUT2D eigenvalue weighted by atomic mass is 10.0. The number of nitrogens with one attached hydrogen (secondary N) is 1. The molecule has 0 aliphatic heterocycles. The summed E-state index contributed by atoms with van der Waals surface area (Å²) >= 11 is 0. The van der Waals surface area contributed by atoms with Gasteiger partial charge in [0.15, 0.2) is 0 Å². The fourth-order valence-corrected chi connectivity index (χ4v) is 3.52. The van der Waals surface area contributed by atoms with Gasteiger partial charge in [0, 0.05) is 16.8 Å². The number of benzene rings is 3. The number of hydrogen-bond donors (Lipinski definition) is 1. The third kappa shape index (κ3) is 4.37. The van der Waals surface area contributed by atoms with Crippen LogP contribution in [-0.4, -0.2) is 21.0 Å². The van der Waals surface area contributed by atoms with Gasteiger partial charge in [0.05, 0.1) is 11.0 Å². The number of nitrogens with zero attached hydrogens (tertiary/aromatic N) is 2. The molecule has 0 atom stereocenters. The lowest BCUT2D eigenvalue weighted by Gasteiger charge is -2.20. The van der Waals surface area contributed by atoms with Crippen LogP contribution < -0.4 is 5.32 Å². The minimum absolute atomic E-state index is 0.184. The number of halogens is 3. The maximum atomic E-state index is 13.7. The highest BCUT2D eigenvalue weighted by molar-refractivity contribution is 5.95. The third-order valence-corrected chi connectivity index (χ3v) is 4.89. The summed E-state index contributed by atoms with van der Waals surface area (Å²) in [5.74, 6) is -1.15. The van der Waals surface area contributed by atoms with Crippen molar-refractivity contribution in [2.24, 2.45) is 0 Å². The van der Waals surface area contributed by atoms with Crippen molar-refractivity contribution in [2.75, 3.05) is 0 Å². The van der Waals surface area contributed by atoms with Crippen LogP contribution in [0.5, 0.6) is 0 Å². The largest absolute Gasteiger partial charge is 0.450 e. The molecule has 0 fully saturated rings. The zero-order valence-electron chi connectivity index (χ0n) is 17.9. The average Bonchev–Trinajstić information content (AvgIpc) is 3.12. The normalized spacial score (nSPS) is 12.2. The number of alkyl halides is 3. The molecular formula is C25H22F3N3O. The van der Waals surface area contributed by atoms with Crippen LogP contribution in [0.1, 0.15) is 37.0 Å². The SMILES string of the molecule is CC(C)(C)NC(=O)c1ccc(-c2ccc3c(c2)nc(C(F)(F)F)n3-c2ccccc2)cc1. The van der Waals surface area contributed by atoms with Crippen molar-refractivity contribution in [3.63, 3.8) is 0 Å². The second-order valence-corrected chi connectivity index (χ2v) is 8.59. The molecule has 0 bridgehead atoms. The molecule has 4 nitrogen and oxygen atoms in total. The maximum absolute atomic E-state index is 13.7. The molecule has 1 aromatic heterocycles. The van der Waals surface area contributed by atoms with Gasteiger partial charge < -0.3 is 5.32 Å². The minimum atomic E-state index is -4.60. The number of amides is 1. The molecule has 3 aromatic carbocycles. The van der Waals surface area contributed by atoms with Crippen LogP contribution in [0.25, 0.3) is 27.8 Å². The topological polar surface area (TPSA) is 46.9 Å². The molecule has 1 N–H and O–H groups in total. The first-order valence-corrected chi connectivity index (χ1v) is 10.1. The van der Waals surface area contributed by atoms with Gasteiger partial charge in [0.2, 0.25) is 5.82 Å². The summed E-state index contributed by atoms with van der Waals surface area (Å²) < 4.78 is 42.3. The summed E-state index contributed by atoms with van der Waals surface area (Å²) in [6.07, 6.45) is -4.60. The van der Waals surface area contributed by atoms with Gasteiger partial charge >= 0.3 is 6.18 Å². The predicted molar refractivity (Wildman–Crippen MR) is 119 cm³/mol. The standard InChI is InChI=1S/C25H22F3N3O/c1-24(2,3)30-22(32)17-11-9-16(10-12-17)18-13-14-21-20(15-18)29-23(25(26,27)28)31(21)19-7-5-4-6-8-19/h4-15H,1-3H3,(H,30,32). The molecule has 0 radical (unpaired) electrons. The highest BCUT2D eigenvalue weighted by Gasteiger charge is 2.38. The Bertz CT molecular complexity index is 1270. The molecule has 0 saturated carbocycles. The van der Waals surface area contributed by atoms with E-state index >= 15 is 0 Å². The Morgan fingerprint density at radius 3 is 2.09 bits per heavy atom. The number of aromatic nitrogens is 2. The van der Waals surface area contributed by atoms with E-state index < -0.39 is 12.0 Å². The van der Waals surface area contributed by atoms with E-state index in [9.17, 15) is 18.0 Å². The van der Waals surface area contributed by atoms with Gasteiger partial charge in [-0.05, 0) is 68.3 Å². The first-order valence-electron chi connectivity index (χ1n) is 10.1. The summed E-state index contributed by atoms with van der Waals surface area (Å²) in [6, 6.07) is 20.3. The van der Waals surface area contributed by atoms with E-state index in [1.165, 1.54) is 0 Å². The molecule has 1 amide bonds. The van der Waals surface area contributed by atoms with E-state index in [2.05, 4.69) is 10.3 Å². The van der Waals surface area contributed by atoms with Gasteiger partial charge in [-0.3, -0.25) is 9.36 Å². The molecule has 32 heavy (non-hydrogen) atoms. The molecule has 0 unspecified atom stereocenters. The van der Waals surface area contributed by atoms with Gasteiger partial charge in [0.25, 0.3) is 5.91 Å². The molecule has 164 valence electrons. The third-order valence-electron chi connectivity index (χ3n) is 4.89. The summed E-state index contributed by atoms with van der Waals surface area (Å²) in [5.41, 5.74) is 2.66. The molecule has 4 aromatic rings. The predicted octanol–water partition coefficient (Wildman–Crippen LogP) is 6.24. The number of imidazole rings is 1. The zero-order chi connectivity index (χ0) is 23.1. The number of carbonyl (C=O) groups excluding carboxylic acids is 1. The Morgan fingerprint density at radius 2 is 1.50 bits per heavy atom. The van der Waals surface area contributed by atoms with Crippen LogP contribution in [0, 0.1) is 0 Å². The summed E-state index contributed by atoms with van der Waals surface area (Å²) in [5, 5.41) is 2.90. The second kappa shape index (κ2) is 7.82. The van der Waals surface area contributed by atoms with Gasteiger partial charge in [-0.2, -0.15) is 13.2 Å². The summed E-state index contributed by atoms with van der Waals surface area (Å²) in [6.45, 7) is 5.70. The van der Waals surface area contributed by atoms with Gasteiger partial charge in [0.1, 0.15) is 0 Å². The number of para-hydroxylation sites is 1. The number of hydrogen-bond acceptors (Lipinski definition) is 2. The van der Waals surface area contributed by atoms with E-state index in [0.717, 1.165) is 10.1 Å². The van der Waals surface area contributed by atoms with Crippen molar-refractivity contribution in [1.29, 1.82) is 0 Å². The molecule has 0 spiro atoms. The van der Waals surface area contributed by atoms with Crippen LogP contribution in [0.2, 0.25) is 0 Å². The van der Waals surface area contributed by atoms with E-state index in [4.69, 9.17) is 0 Å². The highest BCUT2D eigenvalue weighted by Crippen LogP contribution is 2.35. The molecule has 0 aliphatic carbocycles. The highest BCUT2D eigenvalue weighted by atomic mass is 19.4. The monoisotopic (exact) mass is 437 g/mol. The number of rotatable bonds is 3. The molecule has 0 saturated heterocycles. The molecule has 4 rings (SSSR count). The van der Waals surface area contributed by atoms with Crippen LogP contribution in [0.3, 0.4) is 0 Å². The van der Waals surface area contributed by atoms with Crippen LogP contribution >= 0.6 is 0 Å². The van der Waals surface area contributed by atoms with E-state index in [0.29, 0.717) is 22.3 Å². The van der Waals surface area contributed by atoms with Crippen LogP contribution in [0.15, 0.2) is 72.8 Å². The number of carbonyl (C=O) groups is 1. The van der Waals surface area contributed by atoms with E-state index in [1.807, 2.05) is 20.8 Å². The first-order chi connectivity index (χ1) is 15.0. The van der Waals surface area contributed by atoms with E-state index in [-0.39, 0.29) is 17.0 Å². The Hall–Kier alpha value is -3.61. The maximum Gasteiger partial charge on any atom is 0.450 e. The van der Waals surface area contributed by atoms with Gasteiger partial charge in [-0.15, -0.1) is 0 Å². The summed E-state index contributed by atoms with van der Waals surface area (Å²) in [7, 11) is 0.